The van der Waals surface area contributed by atoms with Crippen molar-refractivity contribution in [1.29, 1.82) is 0 Å². The Bertz CT molecular complexity index is 989. The minimum Gasteiger partial charge on any atom is -0.846 e. The Hall–Kier alpha value is -2.95. The van der Waals surface area contributed by atoms with Crippen molar-refractivity contribution in [3.63, 3.8) is 0 Å². The Morgan fingerprint density at radius 1 is 1.29 bits per heavy atom. The molecule has 3 rings (SSSR count). The van der Waals surface area contributed by atoms with Crippen molar-refractivity contribution in [2.45, 2.75) is 19.1 Å². The van der Waals surface area contributed by atoms with Crippen molar-refractivity contribution in [3.05, 3.63) is 64.5 Å². The van der Waals surface area contributed by atoms with Gasteiger partial charge in [-0.3, -0.25) is 9.51 Å². The highest BCUT2D eigenvalue weighted by atomic mass is 79.9. The predicted octanol–water partition coefficient (Wildman–Crippen LogP) is 3.21. The normalized spacial score (nSPS) is 13.4. The first-order valence-corrected chi connectivity index (χ1v) is 8.70. The molecule has 0 aliphatic heterocycles. The van der Waals surface area contributed by atoms with Crippen molar-refractivity contribution in [2.75, 3.05) is 5.32 Å². The summed E-state index contributed by atoms with van der Waals surface area (Å²) in [5.74, 6) is -0.0959. The molecular formula is C17H13BrF3N5O2. The lowest BCUT2D eigenvalue weighted by molar-refractivity contribution is -0.774. The third kappa shape index (κ3) is 4.85. The van der Waals surface area contributed by atoms with Gasteiger partial charge in [-0.1, -0.05) is 28.1 Å². The smallest absolute Gasteiger partial charge is 0.417 e. The number of alkyl halides is 3. The zero-order valence-corrected chi connectivity index (χ0v) is 15.9. The standard InChI is InChI=1S/C17H13BrF3N5O2/c1-10(11-2-4-13(18)5-3-11)26-9-15(28-25-26)24-16(27)23-14-6-12(7-22-8-14)17(19,20)21/h2-10H,1H3,(H-,23,24,25,27)/t10-/m1/s1. The molecule has 28 heavy (non-hydrogen) atoms. The Balaban J connectivity index is 1.73. The third-order valence-corrected chi connectivity index (χ3v) is 4.28. The van der Waals surface area contributed by atoms with Gasteiger partial charge in [0.05, 0.1) is 23.5 Å². The summed E-state index contributed by atoms with van der Waals surface area (Å²) in [6.45, 7) is 1.88. The first-order chi connectivity index (χ1) is 13.2. The molecule has 0 saturated heterocycles. The summed E-state index contributed by atoms with van der Waals surface area (Å²) < 4.78 is 45.5. The molecule has 2 aromatic heterocycles. The van der Waals surface area contributed by atoms with Crippen LogP contribution in [0.3, 0.4) is 0 Å². The first kappa shape index (κ1) is 19.8. The van der Waals surface area contributed by atoms with Crippen LogP contribution in [-0.2, 0) is 6.18 Å². The molecule has 0 saturated carbocycles. The van der Waals surface area contributed by atoms with Gasteiger partial charge in [0.25, 0.3) is 6.20 Å². The van der Waals surface area contributed by atoms with Gasteiger partial charge >= 0.3 is 12.1 Å². The number of halogens is 4. The fourth-order valence-corrected chi connectivity index (χ4v) is 2.55. The van der Waals surface area contributed by atoms with Crippen LogP contribution in [0.4, 0.5) is 24.7 Å². The molecule has 1 N–H and O–H groups in total. The minimum absolute atomic E-state index is 0.0959. The lowest BCUT2D eigenvalue weighted by atomic mass is 10.1. The van der Waals surface area contributed by atoms with Gasteiger partial charge in [-0.2, -0.15) is 13.2 Å². The highest BCUT2D eigenvalue weighted by Crippen LogP contribution is 2.29. The molecular weight excluding hydrogens is 443 g/mol. The molecule has 2 heterocycles. The number of rotatable bonds is 4. The number of hydrogen-bond donors (Lipinski definition) is 1. The van der Waals surface area contributed by atoms with Crippen LogP contribution in [0.2, 0.25) is 0 Å². The number of nitrogens with zero attached hydrogens (tertiary/aromatic N) is 4. The van der Waals surface area contributed by atoms with E-state index in [0.29, 0.717) is 6.20 Å². The van der Waals surface area contributed by atoms with Gasteiger partial charge < -0.3 is 10.4 Å². The maximum absolute atomic E-state index is 12.7. The van der Waals surface area contributed by atoms with E-state index >= 15 is 0 Å². The second-order valence-electron chi connectivity index (χ2n) is 5.75. The number of benzene rings is 1. The average molecular weight is 456 g/mol. The van der Waals surface area contributed by atoms with Crippen molar-refractivity contribution >= 4 is 33.5 Å². The molecule has 11 heteroatoms. The van der Waals surface area contributed by atoms with Crippen molar-refractivity contribution in [1.82, 2.24) is 10.3 Å². The highest BCUT2D eigenvalue weighted by molar-refractivity contribution is 9.10. The molecule has 1 atom stereocenters. The molecule has 0 unspecified atom stereocenters. The topological polar surface area (TPSA) is 90.2 Å². The van der Waals surface area contributed by atoms with Crippen molar-refractivity contribution < 1.29 is 27.5 Å². The highest BCUT2D eigenvalue weighted by Gasteiger charge is 2.31. The van der Waals surface area contributed by atoms with E-state index in [-0.39, 0.29) is 17.6 Å². The van der Waals surface area contributed by atoms with Gasteiger partial charge in [-0.05, 0) is 22.9 Å². The van der Waals surface area contributed by atoms with E-state index in [2.05, 4.69) is 36.5 Å². The molecule has 0 spiro atoms. The van der Waals surface area contributed by atoms with Gasteiger partial charge in [0.15, 0.2) is 0 Å². The second kappa shape index (κ2) is 7.97. The van der Waals surface area contributed by atoms with E-state index < -0.39 is 17.8 Å². The second-order valence-corrected chi connectivity index (χ2v) is 6.67. The lowest BCUT2D eigenvalue weighted by Crippen LogP contribution is -2.39. The van der Waals surface area contributed by atoms with Crippen LogP contribution in [0, 0.1) is 0 Å². The largest absolute Gasteiger partial charge is 0.846 e. The van der Waals surface area contributed by atoms with Crippen LogP contribution in [0.25, 0.3) is 0 Å². The van der Waals surface area contributed by atoms with E-state index in [4.69, 9.17) is 4.52 Å². The first-order valence-electron chi connectivity index (χ1n) is 7.91. The van der Waals surface area contributed by atoms with Crippen molar-refractivity contribution in [3.8, 4) is 0 Å². The molecule has 1 aromatic carbocycles. The van der Waals surface area contributed by atoms with E-state index in [1.807, 2.05) is 31.2 Å². The number of pyridine rings is 1. The van der Waals surface area contributed by atoms with Crippen LogP contribution in [0.1, 0.15) is 24.1 Å². The predicted molar refractivity (Wildman–Crippen MR) is 94.6 cm³/mol. The molecule has 0 radical (unpaired) electrons. The Morgan fingerprint density at radius 3 is 2.68 bits per heavy atom. The summed E-state index contributed by atoms with van der Waals surface area (Å²) in [5, 5.41) is 18.0. The summed E-state index contributed by atoms with van der Waals surface area (Å²) >= 11 is 3.36. The number of nitrogens with one attached hydrogen (secondary N) is 1. The van der Waals surface area contributed by atoms with Crippen molar-refractivity contribution in [2.24, 2.45) is 4.99 Å². The summed E-state index contributed by atoms with van der Waals surface area (Å²) in [6, 6.07) is 7.23. The molecule has 7 nitrogen and oxygen atoms in total. The summed E-state index contributed by atoms with van der Waals surface area (Å²) in [7, 11) is 0. The van der Waals surface area contributed by atoms with Crippen LogP contribution in [0.5, 0.6) is 0 Å². The summed E-state index contributed by atoms with van der Waals surface area (Å²) in [5.41, 5.74) is -0.169. The number of aromatic nitrogens is 3. The number of hydrogen-bond acceptors (Lipinski definition) is 5. The van der Waals surface area contributed by atoms with Gasteiger partial charge in [0.1, 0.15) is 0 Å². The van der Waals surface area contributed by atoms with Gasteiger partial charge in [-0.25, -0.2) is 4.99 Å². The quantitative estimate of drug-likeness (QED) is 0.370. The fraction of sp³-hybridized carbons (Fsp3) is 0.176. The van der Waals surface area contributed by atoms with Crippen LogP contribution < -0.4 is 15.1 Å². The molecule has 0 fully saturated rings. The van der Waals surface area contributed by atoms with Crippen LogP contribution >= 0.6 is 15.9 Å². The monoisotopic (exact) mass is 455 g/mol. The molecule has 0 bridgehead atoms. The van der Waals surface area contributed by atoms with Crippen LogP contribution in [-0.4, -0.2) is 16.3 Å². The molecule has 146 valence electrons. The molecule has 0 aliphatic carbocycles. The molecule has 0 amide bonds. The SMILES string of the molecule is C[C@H](c1ccc(Br)cc1)[n+]1cc(/N=C(\[O-])Nc2cncc(C(F)(F)F)c2)on1. The van der Waals surface area contributed by atoms with E-state index in [1.54, 1.807) is 0 Å². The maximum atomic E-state index is 12.7. The van der Waals surface area contributed by atoms with E-state index in [1.165, 1.54) is 10.9 Å². The number of amidine groups is 1. The number of aliphatic imine (C=N–C) groups is 1. The zero-order chi connectivity index (χ0) is 20.3. The Morgan fingerprint density at radius 2 is 2.00 bits per heavy atom. The fourth-order valence-electron chi connectivity index (χ4n) is 2.29. The van der Waals surface area contributed by atoms with E-state index in [9.17, 15) is 18.3 Å². The Labute approximate surface area is 165 Å². The Kier molecular flexibility index (Phi) is 5.63. The summed E-state index contributed by atoms with van der Waals surface area (Å²) in [4.78, 5) is 7.10. The van der Waals surface area contributed by atoms with Gasteiger partial charge in [-0.15, -0.1) is 0 Å². The average Bonchev–Trinajstić information content (AvgIpc) is 3.09. The lowest BCUT2D eigenvalue weighted by Gasteiger charge is -2.13. The zero-order valence-electron chi connectivity index (χ0n) is 14.3. The van der Waals surface area contributed by atoms with E-state index in [0.717, 1.165) is 22.3 Å². The molecule has 3 aromatic rings. The van der Waals surface area contributed by atoms with Gasteiger partial charge in [0.2, 0.25) is 11.3 Å². The minimum atomic E-state index is -4.56. The molecule has 0 aliphatic rings. The third-order valence-electron chi connectivity index (χ3n) is 3.75. The summed E-state index contributed by atoms with van der Waals surface area (Å²) in [6.07, 6.45) is -1.41. The van der Waals surface area contributed by atoms with Crippen LogP contribution in [0.15, 0.2) is 62.9 Å². The maximum Gasteiger partial charge on any atom is 0.417 e. The van der Waals surface area contributed by atoms with Gasteiger partial charge in [0, 0.05) is 23.2 Å². The number of anilines is 1.